The molecule has 0 aliphatic carbocycles. The van der Waals surface area contributed by atoms with Gasteiger partial charge >= 0.3 is 0 Å². The van der Waals surface area contributed by atoms with E-state index in [9.17, 15) is 0 Å². The van der Waals surface area contributed by atoms with Crippen molar-refractivity contribution < 1.29 is 0 Å². The minimum Gasteiger partial charge on any atom is -0.246 e. The molecular weight excluding hydrogens is 248 g/mol. The molecule has 0 unspecified atom stereocenters. The van der Waals surface area contributed by atoms with Gasteiger partial charge in [0.25, 0.3) is 0 Å². The number of hydrogen-bond acceptors (Lipinski definition) is 2. The summed E-state index contributed by atoms with van der Waals surface area (Å²) in [4.78, 5) is 0. The Morgan fingerprint density at radius 3 is 1.30 bits per heavy atom. The zero-order valence-corrected chi connectivity index (χ0v) is 12.0. The lowest BCUT2D eigenvalue weighted by atomic mass is 10.3. The molecule has 0 heterocycles. The van der Waals surface area contributed by atoms with E-state index in [0.717, 1.165) is 24.5 Å². The summed E-state index contributed by atoms with van der Waals surface area (Å²) in [6, 6.07) is 20.1. The van der Waals surface area contributed by atoms with Gasteiger partial charge in [-0.2, -0.15) is 0 Å². The van der Waals surface area contributed by atoms with Gasteiger partial charge < -0.3 is 0 Å². The summed E-state index contributed by atoms with van der Waals surface area (Å²) in [7, 11) is 0. The summed E-state index contributed by atoms with van der Waals surface area (Å²) in [6.07, 6.45) is 0. The monoisotopic (exact) mass is 268 g/mol. The first-order chi connectivity index (χ1) is 9.85. The van der Waals surface area contributed by atoms with E-state index in [4.69, 9.17) is 0 Å². The zero-order valence-electron chi connectivity index (χ0n) is 12.0. The van der Waals surface area contributed by atoms with Crippen LogP contribution in [0.5, 0.6) is 0 Å². The van der Waals surface area contributed by atoms with Crippen LogP contribution < -0.4 is 10.0 Å². The van der Waals surface area contributed by atoms with Crippen molar-refractivity contribution in [3.05, 3.63) is 60.7 Å². The maximum Gasteiger partial charge on any atom is 0.0611 e. The second kappa shape index (κ2) is 7.28. The number of benzene rings is 2. The normalized spacial score (nSPS) is 10.7. The van der Waals surface area contributed by atoms with Crippen LogP contribution in [0.3, 0.4) is 0 Å². The summed E-state index contributed by atoms with van der Waals surface area (Å²) >= 11 is 0. The second-order valence-electron chi connectivity index (χ2n) is 4.28. The van der Waals surface area contributed by atoms with Gasteiger partial charge in [-0.15, -0.1) is 0 Å². The van der Waals surface area contributed by atoms with E-state index >= 15 is 0 Å². The Morgan fingerprint density at radius 1 is 0.650 bits per heavy atom. The molecule has 0 N–H and O–H groups in total. The average Bonchev–Trinajstić information content (AvgIpc) is 2.53. The minimum absolute atomic E-state index is 0.778. The Balaban J connectivity index is 2.13. The van der Waals surface area contributed by atoms with Crippen molar-refractivity contribution in [1.82, 2.24) is 0 Å². The van der Waals surface area contributed by atoms with Crippen LogP contribution in [0.25, 0.3) is 0 Å². The Kier molecular flexibility index (Phi) is 5.12. The van der Waals surface area contributed by atoms with E-state index in [0.29, 0.717) is 0 Å². The summed E-state index contributed by atoms with van der Waals surface area (Å²) in [6.45, 7) is 5.68. The summed E-state index contributed by atoms with van der Waals surface area (Å²) in [5.74, 6) is 0. The quantitative estimate of drug-likeness (QED) is 0.577. The van der Waals surface area contributed by atoms with Crippen molar-refractivity contribution in [3.63, 3.8) is 0 Å². The molecule has 4 heteroatoms. The third-order valence-electron chi connectivity index (χ3n) is 2.96. The van der Waals surface area contributed by atoms with Crippen molar-refractivity contribution in [2.45, 2.75) is 13.8 Å². The van der Waals surface area contributed by atoms with Crippen molar-refractivity contribution >= 4 is 11.4 Å². The second-order valence-corrected chi connectivity index (χ2v) is 4.28. The highest BCUT2D eigenvalue weighted by atomic mass is 15.7. The molecule has 0 bridgehead atoms. The highest BCUT2D eigenvalue weighted by molar-refractivity contribution is 5.46. The summed E-state index contributed by atoms with van der Waals surface area (Å²) in [5.41, 5.74) is 2.09. The number of hydrogen-bond donors (Lipinski definition) is 0. The van der Waals surface area contributed by atoms with Crippen LogP contribution in [0.2, 0.25) is 0 Å². The van der Waals surface area contributed by atoms with Gasteiger partial charge in [0.05, 0.1) is 11.4 Å². The van der Waals surface area contributed by atoms with Gasteiger partial charge in [0, 0.05) is 13.1 Å². The van der Waals surface area contributed by atoms with Gasteiger partial charge in [-0.25, -0.2) is 10.0 Å². The summed E-state index contributed by atoms with van der Waals surface area (Å²) < 4.78 is 0. The topological polar surface area (TPSA) is 31.2 Å². The van der Waals surface area contributed by atoms with Gasteiger partial charge in [0.2, 0.25) is 0 Å². The molecule has 4 nitrogen and oxygen atoms in total. The van der Waals surface area contributed by atoms with Gasteiger partial charge in [-0.05, 0) is 48.6 Å². The van der Waals surface area contributed by atoms with E-state index in [1.165, 1.54) is 0 Å². The molecule has 104 valence electrons. The van der Waals surface area contributed by atoms with Crippen LogP contribution in [0, 0.1) is 0 Å². The molecule has 0 spiro atoms. The van der Waals surface area contributed by atoms with Gasteiger partial charge in [-0.3, -0.25) is 0 Å². The average molecular weight is 268 g/mol. The first-order valence-electron chi connectivity index (χ1n) is 6.92. The molecule has 0 fully saturated rings. The molecule has 20 heavy (non-hydrogen) atoms. The molecule has 2 aromatic rings. The van der Waals surface area contributed by atoms with Crippen LogP contribution in [0.15, 0.2) is 71.1 Å². The lowest BCUT2D eigenvalue weighted by Gasteiger charge is -2.19. The first kappa shape index (κ1) is 14.1. The predicted molar refractivity (Wildman–Crippen MR) is 83.8 cm³/mol. The van der Waals surface area contributed by atoms with E-state index in [1.54, 1.807) is 0 Å². The standard InChI is InChI=1S/C16H20N4/c1-3-19(15-11-7-5-8-12-15)17-18-20(4-2)16-13-9-6-10-14-16/h5-14H,3-4H2,1-2H3. The molecule has 2 aromatic carbocycles. The lowest BCUT2D eigenvalue weighted by Crippen LogP contribution is -2.19. The summed E-state index contributed by atoms with van der Waals surface area (Å²) in [5, 5.41) is 12.4. The van der Waals surface area contributed by atoms with Crippen LogP contribution in [-0.4, -0.2) is 13.1 Å². The fraction of sp³-hybridized carbons (Fsp3) is 0.250. The number of rotatable bonds is 6. The van der Waals surface area contributed by atoms with Gasteiger partial charge in [-0.1, -0.05) is 36.4 Å². The molecule has 0 saturated heterocycles. The van der Waals surface area contributed by atoms with E-state index in [2.05, 4.69) is 24.3 Å². The minimum atomic E-state index is 0.778. The third kappa shape index (κ3) is 3.57. The largest absolute Gasteiger partial charge is 0.246 e. The van der Waals surface area contributed by atoms with Gasteiger partial charge in [0.1, 0.15) is 0 Å². The first-order valence-corrected chi connectivity index (χ1v) is 6.92. The van der Waals surface area contributed by atoms with Crippen LogP contribution in [0.1, 0.15) is 13.8 Å². The maximum absolute atomic E-state index is 4.34. The van der Waals surface area contributed by atoms with Crippen molar-refractivity contribution in [2.75, 3.05) is 23.1 Å². The highest BCUT2D eigenvalue weighted by Crippen LogP contribution is 2.16. The Bertz CT molecular complexity index is 475. The molecule has 0 amide bonds. The number of para-hydroxylation sites is 2. The van der Waals surface area contributed by atoms with Crippen molar-refractivity contribution in [1.29, 1.82) is 0 Å². The van der Waals surface area contributed by atoms with E-state index < -0.39 is 0 Å². The van der Waals surface area contributed by atoms with Crippen LogP contribution in [-0.2, 0) is 0 Å². The van der Waals surface area contributed by atoms with Crippen molar-refractivity contribution in [2.24, 2.45) is 10.4 Å². The van der Waals surface area contributed by atoms with Crippen LogP contribution in [0.4, 0.5) is 11.4 Å². The lowest BCUT2D eigenvalue weighted by molar-refractivity contribution is 0.742. The Labute approximate surface area is 120 Å². The van der Waals surface area contributed by atoms with Crippen molar-refractivity contribution in [3.8, 4) is 0 Å². The third-order valence-corrected chi connectivity index (χ3v) is 2.96. The molecule has 2 rings (SSSR count). The Hall–Kier alpha value is -2.36. The molecule has 0 atom stereocenters. The number of nitrogens with zero attached hydrogens (tertiary/aromatic N) is 4. The number of anilines is 2. The van der Waals surface area contributed by atoms with Gasteiger partial charge in [0.15, 0.2) is 0 Å². The van der Waals surface area contributed by atoms with Crippen LogP contribution >= 0.6 is 0 Å². The fourth-order valence-electron chi connectivity index (χ4n) is 1.89. The molecule has 0 radical (unpaired) electrons. The van der Waals surface area contributed by atoms with E-state index in [-0.39, 0.29) is 0 Å². The maximum atomic E-state index is 4.34. The Morgan fingerprint density at radius 2 is 1.00 bits per heavy atom. The van der Waals surface area contributed by atoms with E-state index in [1.807, 2.05) is 70.7 Å². The predicted octanol–water partition coefficient (Wildman–Crippen LogP) is 4.32. The molecule has 0 aliphatic rings. The molecule has 0 aromatic heterocycles. The SMILES string of the molecule is CCN(N=NN(CC)c1ccccc1)c1ccccc1. The molecule has 0 saturated carbocycles. The zero-order chi connectivity index (χ0) is 14.2. The molecular formula is C16H20N4. The fourth-order valence-corrected chi connectivity index (χ4v) is 1.89. The smallest absolute Gasteiger partial charge is 0.0611 e. The highest BCUT2D eigenvalue weighted by Gasteiger charge is 2.04. The molecule has 0 aliphatic heterocycles.